The van der Waals surface area contributed by atoms with Gasteiger partial charge in [0.25, 0.3) is 0 Å². The number of aromatic nitrogens is 1. The standard InChI is InChI=1S/C13H19ClN2O2/c1-10-5-12(17-2)6-11(15-10)8-16-3-4-18-13(7-14)9-16/h5-6,13H,3-4,7-9H2,1-2H3. The summed E-state index contributed by atoms with van der Waals surface area (Å²) in [5, 5.41) is 0. The molecule has 0 saturated carbocycles. The predicted molar refractivity (Wildman–Crippen MR) is 71.3 cm³/mol. The molecule has 5 heteroatoms. The van der Waals surface area contributed by atoms with Crippen LogP contribution in [0.1, 0.15) is 11.4 Å². The van der Waals surface area contributed by atoms with Crippen molar-refractivity contribution in [2.24, 2.45) is 0 Å². The number of nitrogens with zero attached hydrogens (tertiary/aromatic N) is 2. The molecule has 0 aromatic carbocycles. The topological polar surface area (TPSA) is 34.6 Å². The molecule has 1 aromatic heterocycles. The number of aryl methyl sites for hydroxylation is 1. The van der Waals surface area contributed by atoms with Gasteiger partial charge < -0.3 is 9.47 Å². The van der Waals surface area contributed by atoms with Crippen molar-refractivity contribution >= 4 is 11.6 Å². The second-order valence-corrected chi connectivity index (χ2v) is 4.83. The van der Waals surface area contributed by atoms with Crippen LogP contribution in [0.5, 0.6) is 5.75 Å². The molecule has 1 atom stereocenters. The molecule has 1 fully saturated rings. The number of ether oxygens (including phenoxy) is 2. The average Bonchev–Trinajstić information content (AvgIpc) is 2.38. The van der Waals surface area contributed by atoms with Crippen LogP contribution in [-0.4, -0.2) is 48.7 Å². The number of hydrogen-bond acceptors (Lipinski definition) is 4. The van der Waals surface area contributed by atoms with Crippen LogP contribution in [-0.2, 0) is 11.3 Å². The zero-order chi connectivity index (χ0) is 13.0. The fourth-order valence-corrected chi connectivity index (χ4v) is 2.33. The molecule has 1 aliphatic heterocycles. The van der Waals surface area contributed by atoms with Gasteiger partial charge in [-0.15, -0.1) is 11.6 Å². The lowest BCUT2D eigenvalue weighted by Gasteiger charge is -2.31. The maximum atomic E-state index is 5.83. The van der Waals surface area contributed by atoms with Gasteiger partial charge in [0.15, 0.2) is 0 Å². The van der Waals surface area contributed by atoms with Crippen LogP contribution in [0.3, 0.4) is 0 Å². The molecule has 0 aliphatic carbocycles. The molecule has 1 aliphatic rings. The van der Waals surface area contributed by atoms with Gasteiger partial charge in [-0.3, -0.25) is 9.88 Å². The van der Waals surface area contributed by atoms with E-state index >= 15 is 0 Å². The zero-order valence-electron chi connectivity index (χ0n) is 10.9. The van der Waals surface area contributed by atoms with E-state index in [1.165, 1.54) is 0 Å². The molecule has 0 spiro atoms. The molecule has 18 heavy (non-hydrogen) atoms. The van der Waals surface area contributed by atoms with E-state index in [0.717, 1.165) is 43.4 Å². The van der Waals surface area contributed by atoms with Crippen molar-refractivity contribution in [2.75, 3.05) is 32.7 Å². The molecule has 1 unspecified atom stereocenters. The van der Waals surface area contributed by atoms with E-state index in [1.54, 1.807) is 7.11 Å². The third kappa shape index (κ3) is 3.57. The minimum atomic E-state index is 0.132. The number of hydrogen-bond donors (Lipinski definition) is 0. The summed E-state index contributed by atoms with van der Waals surface area (Å²) in [5.41, 5.74) is 2.01. The summed E-state index contributed by atoms with van der Waals surface area (Å²) in [6.07, 6.45) is 0.132. The SMILES string of the molecule is COc1cc(C)nc(CN2CCOC(CCl)C2)c1. The van der Waals surface area contributed by atoms with Crippen molar-refractivity contribution < 1.29 is 9.47 Å². The van der Waals surface area contributed by atoms with Gasteiger partial charge in [0.2, 0.25) is 0 Å². The van der Waals surface area contributed by atoms with Gasteiger partial charge in [0.1, 0.15) is 5.75 Å². The molecule has 1 saturated heterocycles. The second kappa shape index (κ2) is 6.36. The van der Waals surface area contributed by atoms with Crippen molar-refractivity contribution in [1.29, 1.82) is 0 Å². The molecular formula is C13H19ClN2O2. The van der Waals surface area contributed by atoms with E-state index < -0.39 is 0 Å². The van der Waals surface area contributed by atoms with Gasteiger partial charge >= 0.3 is 0 Å². The first-order valence-electron chi connectivity index (χ1n) is 6.12. The molecule has 0 amide bonds. The number of rotatable bonds is 4. The summed E-state index contributed by atoms with van der Waals surface area (Å²) in [6, 6.07) is 3.92. The van der Waals surface area contributed by atoms with Gasteiger partial charge in [-0.2, -0.15) is 0 Å². The highest BCUT2D eigenvalue weighted by Gasteiger charge is 2.20. The lowest BCUT2D eigenvalue weighted by molar-refractivity contribution is -0.0198. The normalized spacial score (nSPS) is 20.9. The average molecular weight is 271 g/mol. The lowest BCUT2D eigenvalue weighted by atomic mass is 10.2. The van der Waals surface area contributed by atoms with Crippen LogP contribution < -0.4 is 4.74 Å². The lowest BCUT2D eigenvalue weighted by Crippen LogP contribution is -2.42. The number of halogens is 1. The number of alkyl halides is 1. The van der Waals surface area contributed by atoms with Crippen LogP contribution in [0.2, 0.25) is 0 Å². The van der Waals surface area contributed by atoms with Crippen molar-refractivity contribution in [3.05, 3.63) is 23.5 Å². The van der Waals surface area contributed by atoms with Crippen LogP contribution in [0.25, 0.3) is 0 Å². The molecule has 100 valence electrons. The Balaban J connectivity index is 2.02. The van der Waals surface area contributed by atoms with Crippen molar-refractivity contribution in [3.8, 4) is 5.75 Å². The summed E-state index contributed by atoms with van der Waals surface area (Å²) >= 11 is 5.83. The number of morpholine rings is 1. The Hall–Kier alpha value is -0.840. The first-order chi connectivity index (χ1) is 8.71. The minimum absolute atomic E-state index is 0.132. The Morgan fingerprint density at radius 3 is 3.11 bits per heavy atom. The molecular weight excluding hydrogens is 252 g/mol. The molecule has 0 bridgehead atoms. The molecule has 4 nitrogen and oxygen atoms in total. The van der Waals surface area contributed by atoms with E-state index in [9.17, 15) is 0 Å². The van der Waals surface area contributed by atoms with Gasteiger partial charge in [-0.25, -0.2) is 0 Å². The van der Waals surface area contributed by atoms with Gasteiger partial charge in [-0.05, 0) is 6.92 Å². The van der Waals surface area contributed by atoms with Crippen molar-refractivity contribution in [3.63, 3.8) is 0 Å². The van der Waals surface area contributed by atoms with Crippen LogP contribution in [0.4, 0.5) is 0 Å². The number of pyridine rings is 1. The largest absolute Gasteiger partial charge is 0.497 e. The van der Waals surface area contributed by atoms with Gasteiger partial charge in [-0.1, -0.05) is 0 Å². The predicted octanol–water partition coefficient (Wildman–Crippen LogP) is 1.84. The Kier molecular flexibility index (Phi) is 4.80. The smallest absolute Gasteiger partial charge is 0.122 e. The fraction of sp³-hybridized carbons (Fsp3) is 0.615. The van der Waals surface area contributed by atoms with E-state index in [1.807, 2.05) is 19.1 Å². The third-order valence-corrected chi connectivity index (χ3v) is 3.34. The van der Waals surface area contributed by atoms with Crippen LogP contribution in [0, 0.1) is 6.92 Å². The van der Waals surface area contributed by atoms with Gasteiger partial charge in [0, 0.05) is 43.3 Å². The monoisotopic (exact) mass is 270 g/mol. The third-order valence-electron chi connectivity index (χ3n) is 3.00. The number of methoxy groups -OCH3 is 1. The molecule has 2 rings (SSSR count). The Bertz CT molecular complexity index is 401. The summed E-state index contributed by atoms with van der Waals surface area (Å²) in [6.45, 7) is 5.31. The second-order valence-electron chi connectivity index (χ2n) is 4.52. The Labute approximate surface area is 113 Å². The fourth-order valence-electron chi connectivity index (χ4n) is 2.15. The summed E-state index contributed by atoms with van der Waals surface area (Å²) in [4.78, 5) is 6.85. The maximum absolute atomic E-state index is 5.83. The van der Waals surface area contributed by atoms with Crippen molar-refractivity contribution in [2.45, 2.75) is 19.6 Å². The van der Waals surface area contributed by atoms with Crippen LogP contribution in [0.15, 0.2) is 12.1 Å². The minimum Gasteiger partial charge on any atom is -0.497 e. The van der Waals surface area contributed by atoms with E-state index in [2.05, 4.69) is 9.88 Å². The first kappa shape index (κ1) is 13.6. The van der Waals surface area contributed by atoms with E-state index in [4.69, 9.17) is 21.1 Å². The highest BCUT2D eigenvalue weighted by molar-refractivity contribution is 6.18. The van der Waals surface area contributed by atoms with E-state index in [0.29, 0.717) is 5.88 Å². The zero-order valence-corrected chi connectivity index (χ0v) is 11.6. The first-order valence-corrected chi connectivity index (χ1v) is 6.66. The summed E-state index contributed by atoms with van der Waals surface area (Å²) in [5.74, 6) is 1.40. The quantitative estimate of drug-likeness (QED) is 0.782. The van der Waals surface area contributed by atoms with Gasteiger partial charge in [0.05, 0.1) is 25.5 Å². The Morgan fingerprint density at radius 2 is 2.39 bits per heavy atom. The summed E-state index contributed by atoms with van der Waals surface area (Å²) in [7, 11) is 1.68. The summed E-state index contributed by atoms with van der Waals surface area (Å²) < 4.78 is 10.8. The van der Waals surface area contributed by atoms with Crippen LogP contribution >= 0.6 is 11.6 Å². The highest BCUT2D eigenvalue weighted by Crippen LogP contribution is 2.16. The van der Waals surface area contributed by atoms with Crippen molar-refractivity contribution in [1.82, 2.24) is 9.88 Å². The maximum Gasteiger partial charge on any atom is 0.122 e. The molecule has 1 aromatic rings. The molecule has 0 N–H and O–H groups in total. The Morgan fingerprint density at radius 1 is 1.56 bits per heavy atom. The highest BCUT2D eigenvalue weighted by atomic mass is 35.5. The molecule has 2 heterocycles. The molecule has 0 radical (unpaired) electrons. The van der Waals surface area contributed by atoms with E-state index in [-0.39, 0.29) is 6.10 Å².